The van der Waals surface area contributed by atoms with Gasteiger partial charge in [0.05, 0.1) is 19.8 Å². The Morgan fingerprint density at radius 3 is 2.58 bits per heavy atom. The van der Waals surface area contributed by atoms with Gasteiger partial charge in [-0.1, -0.05) is 45.1 Å². The maximum Gasteiger partial charge on any atom is 0.411 e. The van der Waals surface area contributed by atoms with Crippen LogP contribution in [0.3, 0.4) is 0 Å². The first-order valence-electron chi connectivity index (χ1n) is 9.88. The average Bonchev–Trinajstić information content (AvgIpc) is 2.69. The summed E-state index contributed by atoms with van der Waals surface area (Å²) in [5.74, 6) is 0.727. The van der Waals surface area contributed by atoms with Crippen molar-refractivity contribution in [2.45, 2.75) is 45.4 Å². The van der Waals surface area contributed by atoms with Crippen LogP contribution in [0.4, 0.5) is 11.4 Å². The SMILES string of the molecule is CCCCCCCCOCCOc1cccc([N+]#N)c1N1CCOCC1. The summed E-state index contributed by atoms with van der Waals surface area (Å²) in [6, 6.07) is 5.53. The van der Waals surface area contributed by atoms with Crippen LogP contribution in [0.5, 0.6) is 5.75 Å². The number of unbranched alkanes of at least 4 members (excludes halogenated alkanes) is 5. The van der Waals surface area contributed by atoms with Crippen LogP contribution < -0.4 is 9.64 Å². The Balaban J connectivity index is 1.73. The van der Waals surface area contributed by atoms with Gasteiger partial charge in [0.15, 0.2) is 16.4 Å². The Labute approximate surface area is 157 Å². The third kappa shape index (κ3) is 6.81. The van der Waals surface area contributed by atoms with Crippen molar-refractivity contribution in [3.8, 4) is 5.75 Å². The first-order chi connectivity index (χ1) is 12.9. The number of ether oxygens (including phenoxy) is 3. The van der Waals surface area contributed by atoms with Gasteiger partial charge < -0.3 is 19.1 Å². The maximum atomic E-state index is 9.31. The highest BCUT2D eigenvalue weighted by Gasteiger charge is 2.26. The lowest BCUT2D eigenvalue weighted by Gasteiger charge is -2.28. The molecule has 1 heterocycles. The average molecular weight is 362 g/mol. The van der Waals surface area contributed by atoms with Gasteiger partial charge >= 0.3 is 5.69 Å². The number of anilines is 1. The van der Waals surface area contributed by atoms with Crippen LogP contribution in [-0.4, -0.2) is 46.1 Å². The second-order valence-corrected chi connectivity index (χ2v) is 6.55. The van der Waals surface area contributed by atoms with Crippen LogP contribution in [0.25, 0.3) is 4.98 Å². The van der Waals surface area contributed by atoms with Crippen LogP contribution in [0.1, 0.15) is 45.4 Å². The van der Waals surface area contributed by atoms with Crippen LogP contribution in [0.2, 0.25) is 0 Å². The molecular weight excluding hydrogens is 330 g/mol. The molecule has 0 amide bonds. The highest BCUT2D eigenvalue weighted by atomic mass is 16.5. The van der Waals surface area contributed by atoms with Gasteiger partial charge in [0.25, 0.3) is 0 Å². The molecule has 0 aliphatic carbocycles. The van der Waals surface area contributed by atoms with Crippen LogP contribution in [-0.2, 0) is 9.47 Å². The summed E-state index contributed by atoms with van der Waals surface area (Å²) in [5.41, 5.74) is 1.35. The fourth-order valence-electron chi connectivity index (χ4n) is 3.11. The molecule has 1 aromatic rings. The summed E-state index contributed by atoms with van der Waals surface area (Å²) in [5, 5.41) is 9.31. The lowest BCUT2D eigenvalue weighted by molar-refractivity contribution is 0.0967. The Bertz CT molecular complexity index is 554. The largest absolute Gasteiger partial charge is 0.489 e. The van der Waals surface area contributed by atoms with Crippen molar-refractivity contribution in [3.05, 3.63) is 23.2 Å². The van der Waals surface area contributed by atoms with E-state index in [2.05, 4.69) is 16.8 Å². The molecule has 144 valence electrons. The van der Waals surface area contributed by atoms with Crippen molar-refractivity contribution in [1.29, 1.82) is 5.39 Å². The molecule has 1 aliphatic heterocycles. The van der Waals surface area contributed by atoms with Crippen LogP contribution in [0.15, 0.2) is 18.2 Å². The second-order valence-electron chi connectivity index (χ2n) is 6.55. The van der Waals surface area contributed by atoms with Gasteiger partial charge in [-0.15, -0.1) is 0 Å². The highest BCUT2D eigenvalue weighted by Crippen LogP contribution is 2.38. The first-order valence-corrected chi connectivity index (χ1v) is 9.88. The van der Waals surface area contributed by atoms with Crippen LogP contribution >= 0.6 is 0 Å². The number of hydrogen-bond donors (Lipinski definition) is 0. The van der Waals surface area contributed by atoms with Crippen LogP contribution in [0, 0.1) is 5.39 Å². The Morgan fingerprint density at radius 1 is 1.04 bits per heavy atom. The zero-order valence-corrected chi connectivity index (χ0v) is 16.0. The maximum absolute atomic E-state index is 9.31. The van der Waals surface area contributed by atoms with E-state index in [0.29, 0.717) is 32.1 Å². The molecule has 1 aliphatic rings. The van der Waals surface area contributed by atoms with Crippen molar-refractivity contribution in [2.24, 2.45) is 0 Å². The molecule has 1 fully saturated rings. The zero-order chi connectivity index (χ0) is 18.5. The molecule has 0 radical (unpaired) electrons. The van der Waals surface area contributed by atoms with E-state index in [1.54, 1.807) is 6.07 Å². The molecule has 26 heavy (non-hydrogen) atoms. The lowest BCUT2D eigenvalue weighted by Crippen LogP contribution is -2.36. The molecule has 0 unspecified atom stereocenters. The topological polar surface area (TPSA) is 59.1 Å². The number of benzene rings is 1. The van der Waals surface area contributed by atoms with Gasteiger partial charge in [0.2, 0.25) is 5.39 Å². The van der Waals surface area contributed by atoms with E-state index in [0.717, 1.165) is 37.6 Å². The molecule has 0 spiro atoms. The number of nitrogens with zero attached hydrogens (tertiary/aromatic N) is 3. The third-order valence-corrected chi connectivity index (χ3v) is 4.54. The van der Waals surface area contributed by atoms with E-state index in [-0.39, 0.29) is 0 Å². The summed E-state index contributed by atoms with van der Waals surface area (Å²) in [4.78, 5) is 5.56. The van der Waals surface area contributed by atoms with E-state index in [1.807, 2.05) is 12.1 Å². The van der Waals surface area contributed by atoms with Gasteiger partial charge in [-0.05, 0) is 12.5 Å². The number of rotatable bonds is 12. The summed E-state index contributed by atoms with van der Waals surface area (Å²) >= 11 is 0. The number of diazo groups is 1. The Morgan fingerprint density at radius 2 is 1.81 bits per heavy atom. The Hall–Kier alpha value is -1.84. The van der Waals surface area contributed by atoms with Gasteiger partial charge in [-0.3, -0.25) is 0 Å². The summed E-state index contributed by atoms with van der Waals surface area (Å²) < 4.78 is 17.0. The lowest BCUT2D eigenvalue weighted by atomic mass is 10.1. The molecule has 1 saturated heterocycles. The van der Waals surface area contributed by atoms with Gasteiger partial charge in [0, 0.05) is 25.8 Å². The number of hydrogen-bond acceptors (Lipinski definition) is 5. The minimum Gasteiger partial charge on any atom is -0.489 e. The molecule has 6 heteroatoms. The molecule has 0 bridgehead atoms. The molecule has 0 saturated carbocycles. The summed E-state index contributed by atoms with van der Waals surface area (Å²) in [6.07, 6.45) is 7.60. The fraction of sp³-hybridized carbons (Fsp3) is 0.700. The number of morpholine rings is 1. The molecule has 2 rings (SSSR count). The minimum atomic E-state index is 0.488. The summed E-state index contributed by atoms with van der Waals surface area (Å²) in [6.45, 7) is 6.94. The molecule has 0 aromatic heterocycles. The predicted molar refractivity (Wildman–Crippen MR) is 104 cm³/mol. The minimum absolute atomic E-state index is 0.488. The van der Waals surface area contributed by atoms with E-state index >= 15 is 0 Å². The van der Waals surface area contributed by atoms with Gasteiger partial charge in [-0.2, -0.15) is 0 Å². The van der Waals surface area contributed by atoms with Crippen molar-refractivity contribution in [3.63, 3.8) is 0 Å². The summed E-state index contributed by atoms with van der Waals surface area (Å²) in [7, 11) is 0. The predicted octanol–water partition coefficient (Wildman–Crippen LogP) is 4.76. The van der Waals surface area contributed by atoms with Crippen molar-refractivity contribution >= 4 is 11.4 Å². The van der Waals surface area contributed by atoms with E-state index in [1.165, 1.54) is 32.1 Å². The molecule has 0 atom stereocenters. The van der Waals surface area contributed by atoms with Gasteiger partial charge in [-0.25, -0.2) is 0 Å². The van der Waals surface area contributed by atoms with E-state index in [9.17, 15) is 5.39 Å². The zero-order valence-electron chi connectivity index (χ0n) is 16.0. The molecule has 0 N–H and O–H groups in total. The van der Waals surface area contributed by atoms with E-state index < -0.39 is 0 Å². The third-order valence-electron chi connectivity index (χ3n) is 4.54. The monoisotopic (exact) mass is 362 g/mol. The molecule has 1 aromatic carbocycles. The molecular formula is C20H32N3O3+. The van der Waals surface area contributed by atoms with E-state index in [4.69, 9.17) is 14.2 Å². The van der Waals surface area contributed by atoms with Crippen molar-refractivity contribution in [2.75, 3.05) is 51.0 Å². The van der Waals surface area contributed by atoms with Crippen molar-refractivity contribution < 1.29 is 14.2 Å². The quantitative estimate of drug-likeness (QED) is 0.396. The van der Waals surface area contributed by atoms with Gasteiger partial charge in [0.1, 0.15) is 6.61 Å². The fourth-order valence-corrected chi connectivity index (χ4v) is 3.11. The normalized spacial score (nSPS) is 14.2. The smallest absolute Gasteiger partial charge is 0.411 e. The Kier molecular flexibility index (Phi) is 9.84. The second kappa shape index (κ2) is 12.5. The van der Waals surface area contributed by atoms with Crippen molar-refractivity contribution in [1.82, 2.24) is 0 Å². The first kappa shape index (κ1) is 20.5. The standard InChI is InChI=1S/C20H32N3O3/c1-2-3-4-5-6-7-13-24-16-17-26-19-10-8-9-18(22-21)20(19)23-11-14-25-15-12-23/h8-10H,2-7,11-17H2,1H3/q+1. The number of para-hydroxylation sites is 1. The highest BCUT2D eigenvalue weighted by molar-refractivity contribution is 5.77. The molecule has 6 nitrogen and oxygen atoms in total.